The van der Waals surface area contributed by atoms with Crippen molar-refractivity contribution in [1.29, 1.82) is 0 Å². The van der Waals surface area contributed by atoms with E-state index < -0.39 is 0 Å². The van der Waals surface area contributed by atoms with E-state index in [4.69, 9.17) is 9.15 Å². The molecule has 1 aliphatic rings. The van der Waals surface area contributed by atoms with Crippen LogP contribution in [0.5, 0.6) is 0 Å². The molecular weight excluding hydrogens is 250 g/mol. The normalized spacial score (nSPS) is 17.6. The van der Waals surface area contributed by atoms with Crippen LogP contribution < -0.4 is 5.32 Å². The van der Waals surface area contributed by atoms with E-state index in [1.165, 1.54) is 44.1 Å². The zero-order chi connectivity index (χ0) is 14.2. The summed E-state index contributed by atoms with van der Waals surface area (Å²) < 4.78 is 11.7. The molecule has 0 radical (unpaired) electrons. The Bertz CT molecular complexity index is 365. The monoisotopic (exact) mass is 279 g/mol. The second-order valence-electron chi connectivity index (χ2n) is 6.32. The van der Waals surface area contributed by atoms with Gasteiger partial charge in [-0.25, -0.2) is 0 Å². The van der Waals surface area contributed by atoms with Crippen molar-refractivity contribution in [2.75, 3.05) is 6.54 Å². The summed E-state index contributed by atoms with van der Waals surface area (Å²) in [6, 6.07) is 2.04. The fourth-order valence-corrected chi connectivity index (χ4v) is 2.74. The molecule has 0 aromatic carbocycles. The average molecular weight is 279 g/mol. The Morgan fingerprint density at radius 1 is 1.25 bits per heavy atom. The lowest BCUT2D eigenvalue weighted by atomic mass is 10.1. The van der Waals surface area contributed by atoms with E-state index in [2.05, 4.69) is 19.2 Å². The zero-order valence-corrected chi connectivity index (χ0v) is 13.0. The highest BCUT2D eigenvalue weighted by Crippen LogP contribution is 2.22. The molecule has 1 fully saturated rings. The van der Waals surface area contributed by atoms with Crippen molar-refractivity contribution in [1.82, 2.24) is 5.32 Å². The van der Waals surface area contributed by atoms with Gasteiger partial charge in [0.1, 0.15) is 5.76 Å². The lowest BCUT2D eigenvalue weighted by Gasteiger charge is -2.15. The van der Waals surface area contributed by atoms with Gasteiger partial charge in [-0.1, -0.05) is 39.5 Å². The minimum atomic E-state index is 0.448. The second-order valence-corrected chi connectivity index (χ2v) is 6.32. The molecule has 1 N–H and O–H groups in total. The predicted octanol–water partition coefficient (Wildman–Crippen LogP) is 4.26. The van der Waals surface area contributed by atoms with Gasteiger partial charge < -0.3 is 14.5 Å². The van der Waals surface area contributed by atoms with Crippen LogP contribution in [0, 0.1) is 5.92 Å². The molecular formula is C17H29NO2. The molecule has 1 aromatic heterocycles. The molecule has 1 aromatic rings. The Kier molecular flexibility index (Phi) is 6.61. The maximum atomic E-state index is 6.09. The van der Waals surface area contributed by atoms with Gasteiger partial charge in [0.25, 0.3) is 0 Å². The highest BCUT2D eigenvalue weighted by atomic mass is 16.5. The van der Waals surface area contributed by atoms with Gasteiger partial charge in [-0.15, -0.1) is 0 Å². The van der Waals surface area contributed by atoms with Gasteiger partial charge in [-0.3, -0.25) is 0 Å². The Hall–Kier alpha value is -0.800. The molecule has 3 nitrogen and oxygen atoms in total. The van der Waals surface area contributed by atoms with E-state index in [0.717, 1.165) is 18.8 Å². The topological polar surface area (TPSA) is 34.4 Å². The van der Waals surface area contributed by atoms with Crippen LogP contribution in [0.2, 0.25) is 0 Å². The number of nitrogens with one attached hydrogen (secondary N) is 1. The van der Waals surface area contributed by atoms with Crippen molar-refractivity contribution < 1.29 is 9.15 Å². The quantitative estimate of drug-likeness (QED) is 0.757. The molecule has 0 saturated heterocycles. The third-order valence-corrected chi connectivity index (χ3v) is 3.95. The number of furan rings is 1. The fraction of sp³-hybridized carbons (Fsp3) is 0.765. The second kappa shape index (κ2) is 8.48. The summed E-state index contributed by atoms with van der Waals surface area (Å²) in [5.41, 5.74) is 1.20. The van der Waals surface area contributed by atoms with Gasteiger partial charge in [0, 0.05) is 5.56 Å². The first kappa shape index (κ1) is 15.6. The van der Waals surface area contributed by atoms with Crippen LogP contribution in [0.15, 0.2) is 16.7 Å². The zero-order valence-electron chi connectivity index (χ0n) is 13.0. The van der Waals surface area contributed by atoms with Gasteiger partial charge in [0.15, 0.2) is 0 Å². The maximum absolute atomic E-state index is 6.09. The Labute approximate surface area is 123 Å². The third-order valence-electron chi connectivity index (χ3n) is 3.95. The number of ether oxygens (including phenoxy) is 1. The summed E-state index contributed by atoms with van der Waals surface area (Å²) in [5.74, 6) is 1.69. The van der Waals surface area contributed by atoms with E-state index in [9.17, 15) is 0 Å². The van der Waals surface area contributed by atoms with Crippen LogP contribution in [0.25, 0.3) is 0 Å². The van der Waals surface area contributed by atoms with E-state index in [1.54, 1.807) is 6.26 Å². The van der Waals surface area contributed by atoms with Crippen molar-refractivity contribution in [3.63, 3.8) is 0 Å². The average Bonchev–Trinajstić information content (AvgIpc) is 2.70. The van der Waals surface area contributed by atoms with Crippen LogP contribution in [0.1, 0.15) is 63.7 Å². The summed E-state index contributed by atoms with van der Waals surface area (Å²) in [5, 5.41) is 3.43. The molecule has 20 heavy (non-hydrogen) atoms. The van der Waals surface area contributed by atoms with Crippen molar-refractivity contribution in [2.45, 2.75) is 71.6 Å². The molecule has 0 amide bonds. The Morgan fingerprint density at radius 2 is 2.00 bits per heavy atom. The van der Waals surface area contributed by atoms with E-state index in [0.29, 0.717) is 18.6 Å². The van der Waals surface area contributed by atoms with Gasteiger partial charge in [0.2, 0.25) is 0 Å². The lowest BCUT2D eigenvalue weighted by molar-refractivity contribution is 0.0302. The van der Waals surface area contributed by atoms with Gasteiger partial charge in [-0.05, 0) is 31.4 Å². The minimum absolute atomic E-state index is 0.448. The first-order chi connectivity index (χ1) is 9.75. The first-order valence-electron chi connectivity index (χ1n) is 8.13. The van der Waals surface area contributed by atoms with Gasteiger partial charge in [0.05, 0.1) is 25.5 Å². The number of rotatable bonds is 7. The highest BCUT2D eigenvalue weighted by Gasteiger charge is 2.14. The van der Waals surface area contributed by atoms with E-state index in [1.807, 2.05) is 6.07 Å². The number of hydrogen-bond donors (Lipinski definition) is 1. The Balaban J connectivity index is 1.76. The largest absolute Gasteiger partial charge is 0.468 e. The van der Waals surface area contributed by atoms with E-state index in [-0.39, 0.29) is 0 Å². The fourth-order valence-electron chi connectivity index (χ4n) is 2.74. The molecule has 3 heteroatoms. The highest BCUT2D eigenvalue weighted by molar-refractivity contribution is 5.15. The predicted molar refractivity (Wildman–Crippen MR) is 81.5 cm³/mol. The van der Waals surface area contributed by atoms with Crippen molar-refractivity contribution in [2.24, 2.45) is 5.92 Å². The van der Waals surface area contributed by atoms with Crippen LogP contribution in [-0.2, 0) is 17.9 Å². The molecule has 0 atom stereocenters. The summed E-state index contributed by atoms with van der Waals surface area (Å²) in [6.45, 7) is 6.94. The van der Waals surface area contributed by atoms with Crippen molar-refractivity contribution >= 4 is 0 Å². The van der Waals surface area contributed by atoms with Crippen LogP contribution in [0.3, 0.4) is 0 Å². The molecule has 1 heterocycles. The molecule has 0 unspecified atom stereocenters. The molecule has 2 rings (SSSR count). The SMILES string of the molecule is CC(C)CNCc1occc1COC1CCCCCC1. The summed E-state index contributed by atoms with van der Waals surface area (Å²) >= 11 is 0. The van der Waals surface area contributed by atoms with Crippen LogP contribution in [0.4, 0.5) is 0 Å². The minimum Gasteiger partial charge on any atom is -0.468 e. The van der Waals surface area contributed by atoms with Crippen molar-refractivity contribution in [3.8, 4) is 0 Å². The third kappa shape index (κ3) is 5.29. The lowest BCUT2D eigenvalue weighted by Crippen LogP contribution is -2.19. The summed E-state index contributed by atoms with van der Waals surface area (Å²) in [6.07, 6.45) is 10.0. The smallest absolute Gasteiger partial charge is 0.123 e. The van der Waals surface area contributed by atoms with Crippen molar-refractivity contribution in [3.05, 3.63) is 23.7 Å². The maximum Gasteiger partial charge on any atom is 0.123 e. The molecule has 0 spiro atoms. The van der Waals surface area contributed by atoms with Crippen LogP contribution >= 0.6 is 0 Å². The van der Waals surface area contributed by atoms with Crippen LogP contribution in [-0.4, -0.2) is 12.6 Å². The van der Waals surface area contributed by atoms with Gasteiger partial charge >= 0.3 is 0 Å². The Morgan fingerprint density at radius 3 is 2.70 bits per heavy atom. The summed E-state index contributed by atoms with van der Waals surface area (Å²) in [4.78, 5) is 0. The first-order valence-corrected chi connectivity index (χ1v) is 8.13. The summed E-state index contributed by atoms with van der Waals surface area (Å²) in [7, 11) is 0. The molecule has 1 saturated carbocycles. The molecule has 0 aliphatic heterocycles. The molecule has 1 aliphatic carbocycles. The standard InChI is InChI=1S/C17H29NO2/c1-14(2)11-18-12-17-15(9-10-19-17)13-20-16-7-5-3-4-6-8-16/h9-10,14,16,18H,3-8,11-13H2,1-2H3. The number of hydrogen-bond acceptors (Lipinski definition) is 3. The molecule has 114 valence electrons. The van der Waals surface area contributed by atoms with E-state index >= 15 is 0 Å². The molecule has 0 bridgehead atoms. The van der Waals surface area contributed by atoms with Gasteiger partial charge in [-0.2, -0.15) is 0 Å².